The molecule has 0 aliphatic carbocycles. The zero-order chi connectivity index (χ0) is 9.68. The van der Waals surface area contributed by atoms with Crippen molar-refractivity contribution >= 4 is 5.82 Å². The van der Waals surface area contributed by atoms with Crippen LogP contribution in [0.5, 0.6) is 5.75 Å². The van der Waals surface area contributed by atoms with Crippen LogP contribution in [0.3, 0.4) is 0 Å². The Bertz CT molecular complexity index is 263. The van der Waals surface area contributed by atoms with E-state index in [1.54, 1.807) is 6.20 Å². The molecule has 2 N–H and O–H groups in total. The van der Waals surface area contributed by atoms with Crippen LogP contribution in [0.4, 0.5) is 5.82 Å². The summed E-state index contributed by atoms with van der Waals surface area (Å²) in [5, 5.41) is 0. The highest BCUT2D eigenvalue weighted by Crippen LogP contribution is 2.19. The summed E-state index contributed by atoms with van der Waals surface area (Å²) in [5.74, 6) is 1.15. The zero-order valence-corrected chi connectivity index (χ0v) is 8.16. The Labute approximate surface area is 78.9 Å². The summed E-state index contributed by atoms with van der Waals surface area (Å²) in [6.45, 7) is 4.17. The van der Waals surface area contributed by atoms with E-state index in [-0.39, 0.29) is 6.10 Å². The SMILES string of the molecule is CCCC(C)Oc1cccnc1N. The van der Waals surface area contributed by atoms with E-state index in [1.165, 1.54) is 0 Å². The first-order valence-corrected chi connectivity index (χ1v) is 4.61. The zero-order valence-electron chi connectivity index (χ0n) is 8.16. The standard InChI is InChI=1S/C10H16N2O/c1-3-5-8(2)13-9-6-4-7-12-10(9)11/h4,6-8H,3,5H2,1-2H3,(H2,11,12). The van der Waals surface area contributed by atoms with Gasteiger partial charge in [0.25, 0.3) is 0 Å². The van der Waals surface area contributed by atoms with E-state index in [2.05, 4.69) is 11.9 Å². The Morgan fingerprint density at radius 2 is 2.38 bits per heavy atom. The van der Waals surface area contributed by atoms with Crippen LogP contribution in [-0.2, 0) is 0 Å². The fraction of sp³-hybridized carbons (Fsp3) is 0.500. The third kappa shape index (κ3) is 2.93. The molecule has 1 aromatic rings. The Balaban J connectivity index is 2.58. The van der Waals surface area contributed by atoms with Gasteiger partial charge in [-0.1, -0.05) is 13.3 Å². The average Bonchev–Trinajstić information content (AvgIpc) is 2.09. The highest BCUT2D eigenvalue weighted by Gasteiger charge is 2.05. The molecule has 72 valence electrons. The molecule has 1 rings (SSSR count). The van der Waals surface area contributed by atoms with Crippen molar-refractivity contribution in [2.75, 3.05) is 5.73 Å². The molecule has 0 aliphatic heterocycles. The summed E-state index contributed by atoms with van der Waals surface area (Å²) >= 11 is 0. The lowest BCUT2D eigenvalue weighted by Gasteiger charge is -2.14. The molecule has 3 heteroatoms. The predicted octanol–water partition coefficient (Wildman–Crippen LogP) is 2.23. The second-order valence-corrected chi connectivity index (χ2v) is 3.10. The fourth-order valence-electron chi connectivity index (χ4n) is 1.18. The van der Waals surface area contributed by atoms with E-state index in [1.807, 2.05) is 19.1 Å². The van der Waals surface area contributed by atoms with Crippen LogP contribution in [0, 0.1) is 0 Å². The summed E-state index contributed by atoms with van der Waals surface area (Å²) in [4.78, 5) is 3.95. The number of nitrogen functional groups attached to an aromatic ring is 1. The maximum absolute atomic E-state index is 5.63. The molecule has 0 amide bonds. The van der Waals surface area contributed by atoms with Gasteiger partial charge in [-0.3, -0.25) is 0 Å². The summed E-state index contributed by atoms with van der Waals surface area (Å²) in [6, 6.07) is 3.67. The lowest BCUT2D eigenvalue weighted by Crippen LogP contribution is -2.12. The number of nitrogens with two attached hydrogens (primary N) is 1. The molecule has 0 aliphatic rings. The smallest absolute Gasteiger partial charge is 0.166 e. The largest absolute Gasteiger partial charge is 0.487 e. The second kappa shape index (κ2) is 4.70. The van der Waals surface area contributed by atoms with Gasteiger partial charge in [0.1, 0.15) is 0 Å². The molecule has 0 saturated heterocycles. The lowest BCUT2D eigenvalue weighted by molar-refractivity contribution is 0.210. The maximum atomic E-state index is 5.63. The molecule has 1 aromatic heterocycles. The minimum atomic E-state index is 0.205. The number of rotatable bonds is 4. The van der Waals surface area contributed by atoms with Crippen molar-refractivity contribution in [3.05, 3.63) is 18.3 Å². The molecule has 3 nitrogen and oxygen atoms in total. The van der Waals surface area contributed by atoms with Gasteiger partial charge in [0.2, 0.25) is 0 Å². The van der Waals surface area contributed by atoms with Crippen molar-refractivity contribution in [2.45, 2.75) is 32.8 Å². The van der Waals surface area contributed by atoms with E-state index in [0.717, 1.165) is 12.8 Å². The highest BCUT2D eigenvalue weighted by atomic mass is 16.5. The first-order valence-electron chi connectivity index (χ1n) is 4.61. The third-order valence-corrected chi connectivity index (χ3v) is 1.82. The molecule has 0 radical (unpaired) electrons. The van der Waals surface area contributed by atoms with Gasteiger partial charge >= 0.3 is 0 Å². The topological polar surface area (TPSA) is 48.1 Å². The normalized spacial score (nSPS) is 12.5. The van der Waals surface area contributed by atoms with Gasteiger partial charge in [-0.15, -0.1) is 0 Å². The molecule has 0 saturated carbocycles. The number of aromatic nitrogens is 1. The molecular formula is C10H16N2O. The molecule has 0 spiro atoms. The number of ether oxygens (including phenoxy) is 1. The highest BCUT2D eigenvalue weighted by molar-refractivity contribution is 5.44. The van der Waals surface area contributed by atoms with Crippen LogP contribution >= 0.6 is 0 Å². The number of anilines is 1. The minimum absolute atomic E-state index is 0.205. The summed E-state index contributed by atoms with van der Waals surface area (Å²) < 4.78 is 5.60. The van der Waals surface area contributed by atoms with Crippen LogP contribution in [0.25, 0.3) is 0 Å². The molecule has 0 aromatic carbocycles. The van der Waals surface area contributed by atoms with Crippen LogP contribution in [0.1, 0.15) is 26.7 Å². The molecule has 1 heterocycles. The Kier molecular flexibility index (Phi) is 3.55. The molecule has 1 unspecified atom stereocenters. The lowest BCUT2D eigenvalue weighted by atomic mass is 10.2. The summed E-state index contributed by atoms with van der Waals surface area (Å²) in [6.07, 6.45) is 4.01. The van der Waals surface area contributed by atoms with Crippen molar-refractivity contribution in [3.8, 4) is 5.75 Å². The van der Waals surface area contributed by atoms with Gasteiger partial charge < -0.3 is 10.5 Å². The number of nitrogens with zero attached hydrogens (tertiary/aromatic N) is 1. The van der Waals surface area contributed by atoms with Crippen LogP contribution in [0.2, 0.25) is 0 Å². The van der Waals surface area contributed by atoms with E-state index in [9.17, 15) is 0 Å². The van der Waals surface area contributed by atoms with Gasteiger partial charge in [0.15, 0.2) is 11.6 Å². The molecule has 0 bridgehead atoms. The first-order chi connectivity index (χ1) is 6.24. The fourth-order valence-corrected chi connectivity index (χ4v) is 1.18. The molecule has 0 fully saturated rings. The average molecular weight is 180 g/mol. The summed E-state index contributed by atoms with van der Waals surface area (Å²) in [5.41, 5.74) is 5.63. The van der Waals surface area contributed by atoms with E-state index >= 15 is 0 Å². The van der Waals surface area contributed by atoms with E-state index < -0.39 is 0 Å². The Morgan fingerprint density at radius 3 is 3.00 bits per heavy atom. The number of hydrogen-bond donors (Lipinski definition) is 1. The van der Waals surface area contributed by atoms with Gasteiger partial charge in [-0.05, 0) is 25.5 Å². The second-order valence-electron chi connectivity index (χ2n) is 3.10. The van der Waals surface area contributed by atoms with Gasteiger partial charge in [0.05, 0.1) is 6.10 Å². The quantitative estimate of drug-likeness (QED) is 0.773. The van der Waals surface area contributed by atoms with E-state index in [4.69, 9.17) is 10.5 Å². The first kappa shape index (κ1) is 9.84. The van der Waals surface area contributed by atoms with Gasteiger partial charge in [0, 0.05) is 6.20 Å². The van der Waals surface area contributed by atoms with Crippen molar-refractivity contribution in [3.63, 3.8) is 0 Å². The Hall–Kier alpha value is -1.25. The van der Waals surface area contributed by atoms with Crippen LogP contribution in [0.15, 0.2) is 18.3 Å². The van der Waals surface area contributed by atoms with Crippen LogP contribution in [-0.4, -0.2) is 11.1 Å². The van der Waals surface area contributed by atoms with Crippen molar-refractivity contribution < 1.29 is 4.74 Å². The maximum Gasteiger partial charge on any atom is 0.166 e. The molecule has 1 atom stereocenters. The predicted molar refractivity (Wildman–Crippen MR) is 53.6 cm³/mol. The van der Waals surface area contributed by atoms with Crippen LogP contribution < -0.4 is 10.5 Å². The summed E-state index contributed by atoms with van der Waals surface area (Å²) in [7, 11) is 0. The Morgan fingerprint density at radius 1 is 1.62 bits per heavy atom. The van der Waals surface area contributed by atoms with Crippen molar-refractivity contribution in [1.29, 1.82) is 0 Å². The number of hydrogen-bond acceptors (Lipinski definition) is 3. The van der Waals surface area contributed by atoms with E-state index in [0.29, 0.717) is 11.6 Å². The minimum Gasteiger partial charge on any atom is -0.487 e. The van der Waals surface area contributed by atoms with Gasteiger partial charge in [-0.2, -0.15) is 0 Å². The number of pyridine rings is 1. The molecular weight excluding hydrogens is 164 g/mol. The monoisotopic (exact) mass is 180 g/mol. The third-order valence-electron chi connectivity index (χ3n) is 1.82. The van der Waals surface area contributed by atoms with Crippen molar-refractivity contribution in [2.24, 2.45) is 0 Å². The molecule has 13 heavy (non-hydrogen) atoms. The van der Waals surface area contributed by atoms with Gasteiger partial charge in [-0.25, -0.2) is 4.98 Å². The van der Waals surface area contributed by atoms with Crippen molar-refractivity contribution in [1.82, 2.24) is 4.98 Å².